The number of hydrogen-bond donors (Lipinski definition) is 4. The number of carbonyl (C=O) groups is 2. The van der Waals surface area contributed by atoms with Crippen LogP contribution in [0.2, 0.25) is 0 Å². The van der Waals surface area contributed by atoms with Crippen molar-refractivity contribution in [3.63, 3.8) is 0 Å². The van der Waals surface area contributed by atoms with Gasteiger partial charge >= 0.3 is 12.4 Å². The third-order valence-corrected chi connectivity index (χ3v) is 5.24. The van der Waals surface area contributed by atoms with Gasteiger partial charge in [0, 0.05) is 24.0 Å². The summed E-state index contributed by atoms with van der Waals surface area (Å²) >= 11 is 0. The molecule has 12 heteroatoms. The number of ketones is 2. The Hall–Kier alpha value is -3.44. The second kappa shape index (κ2) is 8.49. The van der Waals surface area contributed by atoms with Crippen LogP contribution in [-0.4, -0.2) is 34.1 Å². The van der Waals surface area contributed by atoms with Gasteiger partial charge in [0.05, 0.1) is 11.4 Å². The average molecular weight is 478 g/mol. The molecule has 6 nitrogen and oxygen atoms in total. The first-order valence-corrected chi connectivity index (χ1v) is 9.50. The molecule has 0 aliphatic carbocycles. The molecule has 33 heavy (non-hydrogen) atoms. The molecular formula is C21H20F6N2O4. The minimum Gasteiger partial charge on any atom is -0.506 e. The lowest BCUT2D eigenvalue weighted by molar-refractivity contribution is -0.288. The molecule has 0 saturated heterocycles. The molecule has 0 radical (unpaired) electrons. The second-order valence-corrected chi connectivity index (χ2v) is 7.21. The number of Topliss-reactive ketones (excluding diaryl/α,β-unsaturated/α-hetero) is 2. The first-order valence-electron chi connectivity index (χ1n) is 9.50. The fourth-order valence-electron chi connectivity index (χ4n) is 3.59. The highest BCUT2D eigenvalue weighted by Crippen LogP contribution is 2.59. The van der Waals surface area contributed by atoms with Crippen molar-refractivity contribution < 1.29 is 46.1 Å². The van der Waals surface area contributed by atoms with Gasteiger partial charge in [0.25, 0.3) is 0 Å². The van der Waals surface area contributed by atoms with Crippen LogP contribution in [0.4, 0.5) is 37.7 Å². The number of aromatic hydroxyl groups is 2. The number of rotatable bonds is 6. The van der Waals surface area contributed by atoms with Crippen LogP contribution in [0.5, 0.6) is 11.5 Å². The molecule has 2 aromatic rings. The molecule has 2 rings (SSSR count). The number of halogens is 6. The molecule has 0 heterocycles. The summed E-state index contributed by atoms with van der Waals surface area (Å²) in [5.41, 5.74) is -1.20. The molecule has 0 fully saturated rings. The van der Waals surface area contributed by atoms with Crippen LogP contribution in [0, 0.1) is 0 Å². The van der Waals surface area contributed by atoms with Crippen molar-refractivity contribution >= 4 is 22.9 Å². The van der Waals surface area contributed by atoms with E-state index in [0.29, 0.717) is 12.1 Å². The van der Waals surface area contributed by atoms with Gasteiger partial charge in [-0.25, -0.2) is 0 Å². The van der Waals surface area contributed by atoms with Gasteiger partial charge in [0.15, 0.2) is 11.6 Å². The number of nitrogen functional groups attached to an aromatic ring is 2. The summed E-state index contributed by atoms with van der Waals surface area (Å²) in [5, 5.41) is 19.7. The van der Waals surface area contributed by atoms with E-state index in [-0.39, 0.29) is 12.1 Å². The van der Waals surface area contributed by atoms with Crippen molar-refractivity contribution in [2.75, 3.05) is 11.5 Å². The fraction of sp³-hybridized carbons (Fsp3) is 0.333. The van der Waals surface area contributed by atoms with Gasteiger partial charge in [-0.2, -0.15) is 26.3 Å². The molecule has 0 aliphatic heterocycles. The maximum Gasteiger partial charge on any atom is 0.411 e. The summed E-state index contributed by atoms with van der Waals surface area (Å²) in [6, 6.07) is 1.27. The van der Waals surface area contributed by atoms with E-state index in [1.165, 1.54) is 13.8 Å². The number of benzene rings is 2. The Morgan fingerprint density at radius 2 is 1.03 bits per heavy atom. The van der Waals surface area contributed by atoms with Crippen molar-refractivity contribution in [3.05, 3.63) is 46.5 Å². The molecule has 0 aromatic heterocycles. The van der Waals surface area contributed by atoms with E-state index in [0.717, 1.165) is 0 Å². The van der Waals surface area contributed by atoms with E-state index in [2.05, 4.69) is 0 Å². The summed E-state index contributed by atoms with van der Waals surface area (Å²) in [6.07, 6.45) is -13.4. The predicted molar refractivity (Wildman–Crippen MR) is 107 cm³/mol. The summed E-state index contributed by atoms with van der Waals surface area (Å²) in [5.74, 6) is -4.09. The molecule has 6 N–H and O–H groups in total. The molecule has 180 valence electrons. The van der Waals surface area contributed by atoms with E-state index in [4.69, 9.17) is 11.5 Å². The maximum absolute atomic E-state index is 14.7. The molecule has 0 unspecified atom stereocenters. The largest absolute Gasteiger partial charge is 0.506 e. The normalized spacial score (nSPS) is 12.6. The summed E-state index contributed by atoms with van der Waals surface area (Å²) in [6.45, 7) is 2.40. The Morgan fingerprint density at radius 3 is 1.27 bits per heavy atom. The van der Waals surface area contributed by atoms with Crippen LogP contribution in [0.1, 0.15) is 58.5 Å². The number of carbonyl (C=O) groups excluding carboxylic acids is 2. The Morgan fingerprint density at radius 1 is 0.727 bits per heavy atom. The first kappa shape index (κ1) is 25.8. The Kier molecular flexibility index (Phi) is 6.64. The SMILES string of the molecule is CCC(=O)c1cc(O)c(N)cc1C(c1cc(N)c(O)cc1C(=O)CC)(C(F)(F)F)C(F)(F)F. The van der Waals surface area contributed by atoms with Crippen molar-refractivity contribution in [3.8, 4) is 11.5 Å². The molecule has 2 aromatic carbocycles. The van der Waals surface area contributed by atoms with Crippen molar-refractivity contribution in [1.82, 2.24) is 0 Å². The van der Waals surface area contributed by atoms with Crippen LogP contribution in [-0.2, 0) is 5.41 Å². The van der Waals surface area contributed by atoms with E-state index >= 15 is 0 Å². The highest BCUT2D eigenvalue weighted by molar-refractivity contribution is 6.01. The summed E-state index contributed by atoms with van der Waals surface area (Å²) in [7, 11) is 0. The lowest BCUT2D eigenvalue weighted by Crippen LogP contribution is -2.56. The summed E-state index contributed by atoms with van der Waals surface area (Å²) < 4.78 is 87.9. The Labute approximate surface area is 183 Å². The molecule has 0 atom stereocenters. The first-order chi connectivity index (χ1) is 15.0. The monoisotopic (exact) mass is 478 g/mol. The predicted octanol–water partition coefficient (Wildman–Crippen LogP) is 4.86. The van der Waals surface area contributed by atoms with Crippen molar-refractivity contribution in [1.29, 1.82) is 0 Å². The van der Waals surface area contributed by atoms with Crippen LogP contribution < -0.4 is 11.5 Å². The van der Waals surface area contributed by atoms with Gasteiger partial charge in [-0.15, -0.1) is 0 Å². The number of nitrogens with two attached hydrogens (primary N) is 2. The topological polar surface area (TPSA) is 127 Å². The minimum atomic E-state index is -6.18. The highest BCUT2D eigenvalue weighted by atomic mass is 19.4. The smallest absolute Gasteiger partial charge is 0.411 e. The van der Waals surface area contributed by atoms with Crippen LogP contribution >= 0.6 is 0 Å². The number of alkyl halides is 6. The standard InChI is InChI=1S/C21H20F6N2O4/c1-3-15(30)9-5-17(32)13(28)7-11(9)19(20(22,23)24,21(25,26)27)12-8-14(29)18(33)6-10(12)16(31)4-2/h5-8,32-33H,3-4,28-29H2,1-2H3. The molecule has 0 saturated carbocycles. The number of phenols is 2. The van der Waals surface area contributed by atoms with Crippen molar-refractivity contribution in [2.45, 2.75) is 44.5 Å². The number of phenolic OH excluding ortho intramolecular Hbond substituents is 2. The van der Waals surface area contributed by atoms with Gasteiger partial charge in [-0.1, -0.05) is 13.8 Å². The maximum atomic E-state index is 14.7. The molecule has 0 amide bonds. The van der Waals surface area contributed by atoms with E-state index in [1.807, 2.05) is 0 Å². The zero-order valence-electron chi connectivity index (χ0n) is 17.4. The second-order valence-electron chi connectivity index (χ2n) is 7.21. The van der Waals surface area contributed by atoms with Crippen molar-refractivity contribution in [2.24, 2.45) is 0 Å². The van der Waals surface area contributed by atoms with E-state index in [9.17, 15) is 46.1 Å². The molecule has 0 spiro atoms. The summed E-state index contributed by atoms with van der Waals surface area (Å²) in [4.78, 5) is 24.8. The zero-order chi connectivity index (χ0) is 25.5. The van der Waals surface area contributed by atoms with Crippen LogP contribution in [0.25, 0.3) is 0 Å². The van der Waals surface area contributed by atoms with Gasteiger partial charge in [-0.3, -0.25) is 9.59 Å². The number of anilines is 2. The third kappa shape index (κ3) is 4.05. The van der Waals surface area contributed by atoms with Crippen LogP contribution in [0.15, 0.2) is 24.3 Å². The van der Waals surface area contributed by atoms with Gasteiger partial charge in [-0.05, 0) is 35.4 Å². The lowest BCUT2D eigenvalue weighted by atomic mass is 9.68. The average Bonchev–Trinajstić information content (AvgIpc) is 2.69. The number of hydrogen-bond acceptors (Lipinski definition) is 6. The van der Waals surface area contributed by atoms with Gasteiger partial charge in [0.2, 0.25) is 5.41 Å². The zero-order valence-corrected chi connectivity index (χ0v) is 17.4. The molecule has 0 bridgehead atoms. The molecule has 0 aliphatic rings. The quantitative estimate of drug-likeness (QED) is 0.203. The minimum absolute atomic E-state index is 0.211. The van der Waals surface area contributed by atoms with Gasteiger partial charge < -0.3 is 21.7 Å². The van der Waals surface area contributed by atoms with E-state index < -0.39 is 87.3 Å². The van der Waals surface area contributed by atoms with Crippen LogP contribution in [0.3, 0.4) is 0 Å². The van der Waals surface area contributed by atoms with Gasteiger partial charge in [0.1, 0.15) is 11.5 Å². The van der Waals surface area contributed by atoms with E-state index in [1.54, 1.807) is 0 Å². The Balaban J connectivity index is 3.30. The molecular weight excluding hydrogens is 458 g/mol. The third-order valence-electron chi connectivity index (χ3n) is 5.24. The highest BCUT2D eigenvalue weighted by Gasteiger charge is 2.74. The lowest BCUT2D eigenvalue weighted by Gasteiger charge is -2.40. The Bertz CT molecular complexity index is 1020. The fourth-order valence-corrected chi connectivity index (χ4v) is 3.59.